The maximum atomic E-state index is 11.8. The summed E-state index contributed by atoms with van der Waals surface area (Å²) >= 11 is 7.22. The Kier molecular flexibility index (Phi) is 3.76. The number of halogens is 1. The van der Waals surface area contributed by atoms with Gasteiger partial charge in [0.2, 0.25) is 0 Å². The van der Waals surface area contributed by atoms with E-state index in [0.717, 1.165) is 10.6 Å². The van der Waals surface area contributed by atoms with E-state index in [2.05, 4.69) is 5.32 Å². The van der Waals surface area contributed by atoms with Crippen LogP contribution >= 0.6 is 23.4 Å². The van der Waals surface area contributed by atoms with Crippen LogP contribution < -0.4 is 5.32 Å². The largest absolute Gasteiger partial charge is 0.440 e. The number of hydrogen-bond acceptors (Lipinski definition) is 3. The first-order chi connectivity index (χ1) is 8.19. The monoisotopic (exact) mass is 267 g/mol. The molecule has 0 spiro atoms. The Balaban J connectivity index is 2.12. The van der Waals surface area contributed by atoms with Crippen LogP contribution in [0.1, 0.15) is 10.6 Å². The molecule has 1 aromatic carbocycles. The fraction of sp³-hybridized carbons (Fsp3) is 0.0833. The normalized spacial score (nSPS) is 10.2. The lowest BCUT2D eigenvalue weighted by molar-refractivity contribution is 0.0997. The number of anilines is 1. The number of carbonyl (C=O) groups is 1. The van der Waals surface area contributed by atoms with Crippen LogP contribution in [0.2, 0.25) is 5.22 Å². The van der Waals surface area contributed by atoms with Crippen LogP contribution in [0.5, 0.6) is 0 Å². The third-order valence-corrected chi connectivity index (χ3v) is 3.05. The predicted octanol–water partition coefficient (Wildman–Crippen LogP) is 3.91. The summed E-state index contributed by atoms with van der Waals surface area (Å²) in [7, 11) is 0. The highest BCUT2D eigenvalue weighted by molar-refractivity contribution is 7.98. The van der Waals surface area contributed by atoms with Gasteiger partial charge in [-0.2, -0.15) is 0 Å². The van der Waals surface area contributed by atoms with E-state index < -0.39 is 0 Å². The molecule has 0 fully saturated rings. The number of benzene rings is 1. The molecule has 17 heavy (non-hydrogen) atoms. The average molecular weight is 268 g/mol. The molecule has 1 aromatic heterocycles. The summed E-state index contributed by atoms with van der Waals surface area (Å²) in [5.74, 6) is -0.111. The molecular weight excluding hydrogens is 258 g/mol. The van der Waals surface area contributed by atoms with Gasteiger partial charge in [-0.3, -0.25) is 4.79 Å². The van der Waals surface area contributed by atoms with Gasteiger partial charge in [0.05, 0.1) is 0 Å². The van der Waals surface area contributed by atoms with E-state index in [1.807, 2.05) is 30.5 Å². The highest BCUT2D eigenvalue weighted by Gasteiger charge is 2.10. The van der Waals surface area contributed by atoms with Crippen LogP contribution in [0, 0.1) is 0 Å². The van der Waals surface area contributed by atoms with Crippen LogP contribution in [-0.2, 0) is 0 Å². The van der Waals surface area contributed by atoms with Crippen LogP contribution in [0.4, 0.5) is 5.69 Å². The molecule has 1 heterocycles. The van der Waals surface area contributed by atoms with E-state index in [-0.39, 0.29) is 16.9 Å². The van der Waals surface area contributed by atoms with Gasteiger partial charge in [-0.05, 0) is 48.2 Å². The molecular formula is C12H10ClNO2S. The van der Waals surface area contributed by atoms with Crippen molar-refractivity contribution in [2.45, 2.75) is 4.90 Å². The van der Waals surface area contributed by atoms with Gasteiger partial charge < -0.3 is 9.73 Å². The van der Waals surface area contributed by atoms with Gasteiger partial charge in [-0.1, -0.05) is 6.07 Å². The third-order valence-electron chi connectivity index (χ3n) is 2.12. The summed E-state index contributed by atoms with van der Waals surface area (Å²) in [6, 6.07) is 10.7. The van der Waals surface area contributed by atoms with Crippen molar-refractivity contribution >= 4 is 35.0 Å². The summed E-state index contributed by atoms with van der Waals surface area (Å²) in [6.07, 6.45) is 1.98. The minimum Gasteiger partial charge on any atom is -0.440 e. The quantitative estimate of drug-likeness (QED) is 0.858. The van der Waals surface area contributed by atoms with Crippen molar-refractivity contribution in [2.24, 2.45) is 0 Å². The maximum Gasteiger partial charge on any atom is 0.291 e. The summed E-state index contributed by atoms with van der Waals surface area (Å²) in [4.78, 5) is 12.8. The summed E-state index contributed by atoms with van der Waals surface area (Å²) in [5.41, 5.74) is 0.731. The molecule has 3 nitrogen and oxygen atoms in total. The number of nitrogens with one attached hydrogen (secondary N) is 1. The molecule has 0 unspecified atom stereocenters. The van der Waals surface area contributed by atoms with Crippen molar-refractivity contribution in [1.82, 2.24) is 0 Å². The Morgan fingerprint density at radius 1 is 1.35 bits per heavy atom. The second kappa shape index (κ2) is 5.29. The topological polar surface area (TPSA) is 42.2 Å². The Morgan fingerprint density at radius 3 is 2.82 bits per heavy atom. The molecule has 0 atom stereocenters. The molecule has 0 bridgehead atoms. The second-order valence-electron chi connectivity index (χ2n) is 3.29. The molecule has 2 rings (SSSR count). The molecule has 0 aliphatic carbocycles. The summed E-state index contributed by atoms with van der Waals surface area (Å²) in [5, 5.41) is 2.94. The molecule has 2 aromatic rings. The van der Waals surface area contributed by atoms with Gasteiger partial charge in [-0.15, -0.1) is 11.8 Å². The van der Waals surface area contributed by atoms with Crippen molar-refractivity contribution < 1.29 is 9.21 Å². The number of rotatable bonds is 3. The molecule has 1 amide bonds. The average Bonchev–Trinajstić information content (AvgIpc) is 2.76. The molecule has 0 radical (unpaired) electrons. The van der Waals surface area contributed by atoms with Crippen molar-refractivity contribution in [3.8, 4) is 0 Å². The number of hydrogen-bond donors (Lipinski definition) is 1. The van der Waals surface area contributed by atoms with Gasteiger partial charge in [0.1, 0.15) is 0 Å². The van der Waals surface area contributed by atoms with Crippen molar-refractivity contribution in [2.75, 3.05) is 11.6 Å². The number of amides is 1. The van der Waals surface area contributed by atoms with E-state index in [4.69, 9.17) is 16.0 Å². The fourth-order valence-electron chi connectivity index (χ4n) is 1.33. The highest BCUT2D eigenvalue weighted by atomic mass is 35.5. The summed E-state index contributed by atoms with van der Waals surface area (Å²) < 4.78 is 5.02. The standard InChI is InChI=1S/C12H10ClNO2S/c1-17-9-4-2-3-8(7-9)14-12(15)10-5-6-11(13)16-10/h2-7H,1H3,(H,14,15). The number of furan rings is 1. The lowest BCUT2D eigenvalue weighted by atomic mass is 10.3. The van der Waals surface area contributed by atoms with Crippen LogP contribution in [0.3, 0.4) is 0 Å². The maximum absolute atomic E-state index is 11.8. The molecule has 5 heteroatoms. The van der Waals surface area contributed by atoms with Gasteiger partial charge in [-0.25, -0.2) is 0 Å². The Hall–Kier alpha value is -1.39. The molecule has 0 saturated heterocycles. The Bertz CT molecular complexity index is 539. The second-order valence-corrected chi connectivity index (χ2v) is 4.54. The zero-order valence-corrected chi connectivity index (χ0v) is 10.6. The minimum atomic E-state index is -0.310. The van der Waals surface area contributed by atoms with E-state index in [1.165, 1.54) is 12.1 Å². The molecule has 0 saturated carbocycles. The number of thioether (sulfide) groups is 1. The molecule has 1 N–H and O–H groups in total. The summed E-state index contributed by atoms with van der Waals surface area (Å²) in [6.45, 7) is 0. The third kappa shape index (κ3) is 3.05. The highest BCUT2D eigenvalue weighted by Crippen LogP contribution is 2.20. The first-order valence-electron chi connectivity index (χ1n) is 4.90. The minimum absolute atomic E-state index is 0.199. The molecule has 88 valence electrons. The zero-order chi connectivity index (χ0) is 12.3. The van der Waals surface area contributed by atoms with Crippen molar-refractivity contribution in [1.29, 1.82) is 0 Å². The lowest BCUT2D eigenvalue weighted by Crippen LogP contribution is -2.10. The SMILES string of the molecule is CSc1cccc(NC(=O)c2ccc(Cl)o2)c1. The first-order valence-corrected chi connectivity index (χ1v) is 6.50. The van der Waals surface area contributed by atoms with E-state index in [9.17, 15) is 4.79 Å². The van der Waals surface area contributed by atoms with Gasteiger partial charge in [0.25, 0.3) is 5.91 Å². The van der Waals surface area contributed by atoms with Crippen molar-refractivity contribution in [3.05, 3.63) is 47.4 Å². The van der Waals surface area contributed by atoms with Crippen LogP contribution in [0.15, 0.2) is 45.7 Å². The van der Waals surface area contributed by atoms with Gasteiger partial charge >= 0.3 is 0 Å². The smallest absolute Gasteiger partial charge is 0.291 e. The van der Waals surface area contributed by atoms with E-state index in [0.29, 0.717) is 0 Å². The molecule has 0 aliphatic rings. The van der Waals surface area contributed by atoms with E-state index >= 15 is 0 Å². The lowest BCUT2D eigenvalue weighted by Gasteiger charge is -2.04. The van der Waals surface area contributed by atoms with Gasteiger partial charge in [0, 0.05) is 10.6 Å². The molecule has 0 aliphatic heterocycles. The zero-order valence-electron chi connectivity index (χ0n) is 9.07. The van der Waals surface area contributed by atoms with Crippen molar-refractivity contribution in [3.63, 3.8) is 0 Å². The van der Waals surface area contributed by atoms with E-state index in [1.54, 1.807) is 11.8 Å². The first kappa shape index (κ1) is 12.1. The Labute approximate surface area is 108 Å². The van der Waals surface area contributed by atoms with Crippen LogP contribution in [0.25, 0.3) is 0 Å². The number of carbonyl (C=O) groups excluding carboxylic acids is 1. The van der Waals surface area contributed by atoms with Crippen LogP contribution in [-0.4, -0.2) is 12.2 Å². The van der Waals surface area contributed by atoms with Gasteiger partial charge in [0.15, 0.2) is 11.0 Å². The predicted molar refractivity (Wildman–Crippen MR) is 69.9 cm³/mol. The Morgan fingerprint density at radius 2 is 2.18 bits per heavy atom. The fourth-order valence-corrected chi connectivity index (χ4v) is 1.94.